The van der Waals surface area contributed by atoms with E-state index in [9.17, 15) is 12.8 Å². The van der Waals surface area contributed by atoms with Crippen molar-refractivity contribution in [2.24, 2.45) is 11.7 Å². The molecule has 5 nitrogen and oxygen atoms in total. The van der Waals surface area contributed by atoms with Gasteiger partial charge in [0.2, 0.25) is 10.0 Å². The highest BCUT2D eigenvalue weighted by Gasteiger charge is 2.39. The van der Waals surface area contributed by atoms with Crippen LogP contribution in [0.25, 0.3) is 0 Å². The second-order valence-electron chi connectivity index (χ2n) is 5.67. The average molecular weight is 372 g/mol. The van der Waals surface area contributed by atoms with Gasteiger partial charge in [-0.3, -0.25) is 4.98 Å². The topological polar surface area (TPSA) is 76.3 Å². The number of aromatic nitrogens is 1. The average Bonchev–Trinajstić information content (AvgIpc) is 3.01. The number of rotatable bonds is 4. The predicted octanol–water partition coefficient (Wildman–Crippen LogP) is 2.01. The van der Waals surface area contributed by atoms with Crippen LogP contribution in [0.2, 0.25) is 0 Å². The Morgan fingerprint density at radius 2 is 1.92 bits per heavy atom. The zero-order valence-corrected chi connectivity index (χ0v) is 14.5. The molecule has 130 valence electrons. The molecule has 1 aromatic carbocycles. The van der Waals surface area contributed by atoms with Crippen molar-refractivity contribution in [1.29, 1.82) is 0 Å². The first-order valence-electron chi connectivity index (χ1n) is 7.38. The van der Waals surface area contributed by atoms with E-state index in [1.807, 2.05) is 30.3 Å². The molecule has 3 rings (SSSR count). The van der Waals surface area contributed by atoms with Crippen molar-refractivity contribution in [2.75, 3.05) is 19.6 Å². The lowest BCUT2D eigenvalue weighted by atomic mass is 9.89. The molecule has 1 saturated heterocycles. The normalized spacial score (nSPS) is 21.4. The van der Waals surface area contributed by atoms with Crippen LogP contribution in [0.15, 0.2) is 53.7 Å². The molecule has 0 bridgehead atoms. The summed E-state index contributed by atoms with van der Waals surface area (Å²) in [5.41, 5.74) is 6.90. The molecule has 0 saturated carbocycles. The molecule has 1 aliphatic rings. The second kappa shape index (κ2) is 7.57. The van der Waals surface area contributed by atoms with E-state index in [1.54, 1.807) is 0 Å². The molecule has 2 aromatic rings. The maximum atomic E-state index is 13.3. The van der Waals surface area contributed by atoms with E-state index >= 15 is 0 Å². The molecule has 2 N–H and O–H groups in total. The van der Waals surface area contributed by atoms with Crippen molar-refractivity contribution in [3.63, 3.8) is 0 Å². The molecule has 1 aliphatic heterocycles. The molecule has 0 unspecified atom stereocenters. The zero-order valence-electron chi connectivity index (χ0n) is 12.9. The molecule has 0 aliphatic carbocycles. The molecule has 0 amide bonds. The number of hydrogen-bond donors (Lipinski definition) is 1. The van der Waals surface area contributed by atoms with E-state index in [1.165, 1.54) is 10.5 Å². The Hall–Kier alpha value is -1.54. The number of nitrogens with zero attached hydrogens (tertiary/aromatic N) is 2. The number of halogens is 2. The van der Waals surface area contributed by atoms with Gasteiger partial charge in [0.05, 0.1) is 6.20 Å². The van der Waals surface area contributed by atoms with Gasteiger partial charge in [-0.05, 0) is 24.1 Å². The lowest BCUT2D eigenvalue weighted by molar-refractivity contribution is 0.458. The van der Waals surface area contributed by atoms with Crippen molar-refractivity contribution >= 4 is 22.4 Å². The summed E-state index contributed by atoms with van der Waals surface area (Å²) in [5, 5.41) is 0. The Morgan fingerprint density at radius 1 is 1.21 bits per heavy atom. The SMILES string of the molecule is Cl.NC[C@@H]1CN(S(=O)(=O)c2cncc(F)c2)C[C@H]1c1ccccc1. The fourth-order valence-corrected chi connectivity index (χ4v) is 4.53. The van der Waals surface area contributed by atoms with Crippen LogP contribution in [0, 0.1) is 11.7 Å². The van der Waals surface area contributed by atoms with E-state index in [0.29, 0.717) is 19.6 Å². The summed E-state index contributed by atoms with van der Waals surface area (Å²) >= 11 is 0. The number of sulfonamides is 1. The molecule has 1 aromatic heterocycles. The van der Waals surface area contributed by atoms with Crippen molar-refractivity contribution in [3.05, 3.63) is 60.2 Å². The zero-order chi connectivity index (χ0) is 16.4. The molecule has 8 heteroatoms. The van der Waals surface area contributed by atoms with Crippen LogP contribution in [0.4, 0.5) is 4.39 Å². The summed E-state index contributed by atoms with van der Waals surface area (Å²) in [6.45, 7) is 1.06. The van der Waals surface area contributed by atoms with Crippen molar-refractivity contribution in [1.82, 2.24) is 9.29 Å². The Bertz CT molecular complexity index is 789. The van der Waals surface area contributed by atoms with Crippen molar-refractivity contribution in [3.8, 4) is 0 Å². The Balaban J connectivity index is 0.00000208. The molecule has 2 heterocycles. The third-order valence-corrected chi connectivity index (χ3v) is 6.05. The quantitative estimate of drug-likeness (QED) is 0.891. The monoisotopic (exact) mass is 371 g/mol. The number of benzene rings is 1. The first-order valence-corrected chi connectivity index (χ1v) is 8.82. The molecule has 0 spiro atoms. The van der Waals surface area contributed by atoms with Crippen LogP contribution in [0.1, 0.15) is 11.5 Å². The van der Waals surface area contributed by atoms with E-state index < -0.39 is 15.8 Å². The van der Waals surface area contributed by atoms with Crippen molar-refractivity contribution in [2.45, 2.75) is 10.8 Å². The largest absolute Gasteiger partial charge is 0.330 e. The first-order chi connectivity index (χ1) is 11.0. The first kappa shape index (κ1) is 18.8. The fourth-order valence-electron chi connectivity index (χ4n) is 3.03. The summed E-state index contributed by atoms with van der Waals surface area (Å²) in [5.74, 6) is -0.591. The number of pyridine rings is 1. The van der Waals surface area contributed by atoms with E-state index in [0.717, 1.165) is 17.8 Å². The van der Waals surface area contributed by atoms with Crippen LogP contribution in [0.3, 0.4) is 0 Å². The summed E-state index contributed by atoms with van der Waals surface area (Å²) in [7, 11) is -3.77. The Morgan fingerprint density at radius 3 is 2.54 bits per heavy atom. The van der Waals surface area contributed by atoms with Gasteiger partial charge in [-0.2, -0.15) is 4.31 Å². The summed E-state index contributed by atoms with van der Waals surface area (Å²) in [6.07, 6.45) is 2.16. The summed E-state index contributed by atoms with van der Waals surface area (Å²) < 4.78 is 40.1. The van der Waals surface area contributed by atoms with Gasteiger partial charge < -0.3 is 5.73 Å². The highest BCUT2D eigenvalue weighted by atomic mass is 35.5. The molecular weight excluding hydrogens is 353 g/mol. The lowest BCUT2D eigenvalue weighted by Gasteiger charge is -2.17. The van der Waals surface area contributed by atoms with E-state index in [2.05, 4.69) is 4.98 Å². The highest BCUT2D eigenvalue weighted by Crippen LogP contribution is 2.35. The van der Waals surface area contributed by atoms with E-state index in [-0.39, 0.29) is 29.1 Å². The third kappa shape index (κ3) is 3.59. The molecule has 0 radical (unpaired) electrons. The minimum Gasteiger partial charge on any atom is -0.330 e. The molecule has 1 fully saturated rings. The van der Waals surface area contributed by atoms with E-state index in [4.69, 9.17) is 5.73 Å². The maximum absolute atomic E-state index is 13.3. The predicted molar refractivity (Wildman–Crippen MR) is 91.9 cm³/mol. The Labute approximate surface area is 147 Å². The van der Waals surface area contributed by atoms with Crippen LogP contribution in [-0.4, -0.2) is 37.3 Å². The molecule has 24 heavy (non-hydrogen) atoms. The van der Waals surface area contributed by atoms with Gasteiger partial charge in [-0.15, -0.1) is 12.4 Å². The van der Waals surface area contributed by atoms with Gasteiger partial charge >= 0.3 is 0 Å². The smallest absolute Gasteiger partial charge is 0.244 e. The van der Waals surface area contributed by atoms with Gasteiger partial charge in [0, 0.05) is 25.2 Å². The van der Waals surface area contributed by atoms with Gasteiger partial charge in [0.25, 0.3) is 0 Å². The number of nitrogens with two attached hydrogens (primary N) is 1. The standard InChI is InChI=1S/C16H18FN3O2S.ClH/c17-14-6-15(9-19-8-14)23(21,22)20-10-13(7-18)16(11-20)12-4-2-1-3-5-12;/h1-6,8-9,13,16H,7,10-11,18H2;1H/t13-,16+;/m1./s1. The van der Waals surface area contributed by atoms with Gasteiger partial charge in [0.1, 0.15) is 10.7 Å². The van der Waals surface area contributed by atoms with Crippen LogP contribution in [0.5, 0.6) is 0 Å². The van der Waals surface area contributed by atoms with Crippen LogP contribution in [-0.2, 0) is 10.0 Å². The minimum atomic E-state index is -3.77. The van der Waals surface area contributed by atoms with Crippen molar-refractivity contribution < 1.29 is 12.8 Å². The molecule has 2 atom stereocenters. The third-order valence-electron chi connectivity index (χ3n) is 4.26. The van der Waals surface area contributed by atoms with Crippen LogP contribution < -0.4 is 5.73 Å². The Kier molecular flexibility index (Phi) is 5.92. The molecular formula is C16H19ClFN3O2S. The second-order valence-corrected chi connectivity index (χ2v) is 7.61. The highest BCUT2D eigenvalue weighted by molar-refractivity contribution is 7.89. The van der Waals surface area contributed by atoms with Gasteiger partial charge in [0.15, 0.2) is 0 Å². The van der Waals surface area contributed by atoms with Gasteiger partial charge in [-0.1, -0.05) is 30.3 Å². The van der Waals surface area contributed by atoms with Crippen LogP contribution >= 0.6 is 12.4 Å². The summed E-state index contributed by atoms with van der Waals surface area (Å²) in [6, 6.07) is 10.7. The summed E-state index contributed by atoms with van der Waals surface area (Å²) in [4.78, 5) is 3.51. The fraction of sp³-hybridized carbons (Fsp3) is 0.312. The maximum Gasteiger partial charge on any atom is 0.244 e. The lowest BCUT2D eigenvalue weighted by Crippen LogP contribution is -2.30. The minimum absolute atomic E-state index is 0. The number of hydrogen-bond acceptors (Lipinski definition) is 4. The van der Waals surface area contributed by atoms with Gasteiger partial charge in [-0.25, -0.2) is 12.8 Å².